The number of fused-ring (bicyclic) bond motifs is 1. The van der Waals surface area contributed by atoms with Gasteiger partial charge in [-0.3, -0.25) is 4.79 Å². The molecule has 0 aliphatic carbocycles. The lowest BCUT2D eigenvalue weighted by Crippen LogP contribution is -2.10. The normalized spacial score (nSPS) is 16.1. The molecule has 1 aromatic carbocycles. The maximum absolute atomic E-state index is 14.1. The van der Waals surface area contributed by atoms with E-state index in [1.54, 1.807) is 6.07 Å². The fraction of sp³-hybridized carbons (Fsp3) is 0.417. The number of aliphatic carboxylic acids is 1. The van der Waals surface area contributed by atoms with Crippen LogP contribution < -0.4 is 9.47 Å². The molecule has 92 valence electrons. The summed E-state index contributed by atoms with van der Waals surface area (Å²) in [5.74, 6) is -2.26. The molecule has 2 rings (SSSR count). The molecule has 4 nitrogen and oxygen atoms in total. The summed E-state index contributed by atoms with van der Waals surface area (Å²) in [6.07, 6.45) is 0.679. The fourth-order valence-corrected chi connectivity index (χ4v) is 1.68. The number of hydrogen-bond donors (Lipinski definition) is 1. The van der Waals surface area contributed by atoms with Crippen molar-refractivity contribution in [1.29, 1.82) is 0 Å². The highest BCUT2D eigenvalue weighted by Gasteiger charge is 2.24. The first-order valence-electron chi connectivity index (χ1n) is 5.42. The van der Waals surface area contributed by atoms with Gasteiger partial charge in [-0.25, -0.2) is 4.39 Å². The van der Waals surface area contributed by atoms with E-state index in [-0.39, 0.29) is 11.3 Å². The Kier molecular flexibility index (Phi) is 3.17. The van der Waals surface area contributed by atoms with E-state index in [1.807, 2.05) is 0 Å². The van der Waals surface area contributed by atoms with E-state index < -0.39 is 17.7 Å². The molecule has 0 saturated carbocycles. The zero-order valence-corrected chi connectivity index (χ0v) is 9.40. The lowest BCUT2D eigenvalue weighted by Gasteiger charge is -2.13. The smallest absolute Gasteiger partial charge is 0.310 e. The Morgan fingerprint density at radius 1 is 1.41 bits per heavy atom. The Labute approximate surface area is 98.0 Å². The minimum atomic E-state index is -1.07. The molecule has 1 aliphatic rings. The fourth-order valence-electron chi connectivity index (χ4n) is 1.68. The second-order valence-electron chi connectivity index (χ2n) is 3.91. The van der Waals surface area contributed by atoms with E-state index in [1.165, 1.54) is 13.0 Å². The highest BCUT2D eigenvalue weighted by molar-refractivity contribution is 5.76. The van der Waals surface area contributed by atoms with Crippen LogP contribution in [0.5, 0.6) is 11.5 Å². The first kappa shape index (κ1) is 11.7. The molecule has 1 unspecified atom stereocenters. The van der Waals surface area contributed by atoms with Crippen molar-refractivity contribution < 1.29 is 23.8 Å². The summed E-state index contributed by atoms with van der Waals surface area (Å²) in [6, 6.07) is 2.99. The Hall–Kier alpha value is -1.78. The first-order chi connectivity index (χ1) is 8.11. The molecule has 1 N–H and O–H groups in total. The van der Waals surface area contributed by atoms with Gasteiger partial charge in [0.1, 0.15) is 0 Å². The van der Waals surface area contributed by atoms with Gasteiger partial charge in [-0.2, -0.15) is 0 Å². The van der Waals surface area contributed by atoms with E-state index >= 15 is 0 Å². The predicted molar refractivity (Wildman–Crippen MR) is 58.1 cm³/mol. The van der Waals surface area contributed by atoms with Gasteiger partial charge in [-0.1, -0.05) is 6.07 Å². The summed E-state index contributed by atoms with van der Waals surface area (Å²) in [4.78, 5) is 10.8. The van der Waals surface area contributed by atoms with Gasteiger partial charge in [0.15, 0.2) is 17.3 Å². The third-order valence-corrected chi connectivity index (χ3v) is 2.72. The zero-order chi connectivity index (χ0) is 12.4. The van der Waals surface area contributed by atoms with Crippen LogP contribution in [0.4, 0.5) is 4.39 Å². The van der Waals surface area contributed by atoms with Gasteiger partial charge in [0.05, 0.1) is 19.1 Å². The molecule has 0 saturated heterocycles. The summed E-state index contributed by atoms with van der Waals surface area (Å²) >= 11 is 0. The van der Waals surface area contributed by atoms with Crippen LogP contribution in [-0.4, -0.2) is 24.3 Å². The lowest BCUT2D eigenvalue weighted by molar-refractivity contribution is -0.138. The number of benzene rings is 1. The van der Waals surface area contributed by atoms with Crippen molar-refractivity contribution >= 4 is 5.97 Å². The molecule has 0 spiro atoms. The average Bonchev–Trinajstić information content (AvgIpc) is 2.54. The van der Waals surface area contributed by atoms with Crippen molar-refractivity contribution in [2.45, 2.75) is 19.3 Å². The van der Waals surface area contributed by atoms with Crippen molar-refractivity contribution in [2.75, 3.05) is 13.2 Å². The number of ether oxygens (including phenoxy) is 2. The summed E-state index contributed by atoms with van der Waals surface area (Å²) < 4.78 is 24.6. The molecular formula is C12H13FO4. The molecule has 17 heavy (non-hydrogen) atoms. The number of hydrogen-bond acceptors (Lipinski definition) is 3. The van der Waals surface area contributed by atoms with Gasteiger partial charge in [0.2, 0.25) is 0 Å². The number of carboxylic acids is 1. The van der Waals surface area contributed by atoms with Gasteiger partial charge >= 0.3 is 5.97 Å². The quantitative estimate of drug-likeness (QED) is 0.860. The second kappa shape index (κ2) is 4.61. The van der Waals surface area contributed by atoms with Gasteiger partial charge in [0.25, 0.3) is 0 Å². The van der Waals surface area contributed by atoms with Crippen LogP contribution >= 0.6 is 0 Å². The van der Waals surface area contributed by atoms with Gasteiger partial charge in [-0.15, -0.1) is 0 Å². The maximum Gasteiger partial charge on any atom is 0.310 e. The van der Waals surface area contributed by atoms with Crippen molar-refractivity contribution in [3.8, 4) is 11.5 Å². The maximum atomic E-state index is 14.1. The van der Waals surface area contributed by atoms with Crippen LogP contribution in [0.15, 0.2) is 12.1 Å². The molecule has 1 aliphatic heterocycles. The summed E-state index contributed by atoms with van der Waals surface area (Å²) in [7, 11) is 0. The number of carboxylic acid groups (broad SMARTS) is 1. The molecule has 0 amide bonds. The molecule has 1 atom stereocenters. The van der Waals surface area contributed by atoms with Crippen LogP contribution in [0.25, 0.3) is 0 Å². The minimum Gasteiger partial charge on any atom is -0.489 e. The van der Waals surface area contributed by atoms with Crippen molar-refractivity contribution in [3.05, 3.63) is 23.5 Å². The topological polar surface area (TPSA) is 55.8 Å². The SMILES string of the molecule is CC(C(=O)O)c1ccc2c(c1F)OCCCO2. The van der Waals surface area contributed by atoms with Crippen LogP contribution in [0, 0.1) is 5.82 Å². The molecule has 0 bridgehead atoms. The van der Waals surface area contributed by atoms with Gasteiger partial charge in [-0.05, 0) is 13.0 Å². The summed E-state index contributed by atoms with van der Waals surface area (Å²) in [6.45, 7) is 2.28. The van der Waals surface area contributed by atoms with E-state index in [0.717, 1.165) is 0 Å². The Morgan fingerprint density at radius 2 is 2.12 bits per heavy atom. The highest BCUT2D eigenvalue weighted by Crippen LogP contribution is 2.36. The third kappa shape index (κ3) is 2.18. The van der Waals surface area contributed by atoms with Crippen molar-refractivity contribution in [2.24, 2.45) is 0 Å². The second-order valence-corrected chi connectivity index (χ2v) is 3.91. The van der Waals surface area contributed by atoms with Crippen LogP contribution in [0.1, 0.15) is 24.8 Å². The standard InChI is InChI=1S/C12H13FO4/c1-7(12(14)15)8-3-4-9-11(10(8)13)17-6-2-5-16-9/h3-4,7H,2,5-6H2,1H3,(H,14,15). The van der Waals surface area contributed by atoms with Gasteiger partial charge < -0.3 is 14.6 Å². The van der Waals surface area contributed by atoms with Crippen LogP contribution in [0.3, 0.4) is 0 Å². The molecular weight excluding hydrogens is 227 g/mol. The molecule has 1 heterocycles. The third-order valence-electron chi connectivity index (χ3n) is 2.72. The summed E-state index contributed by atoms with van der Waals surface area (Å²) in [5.41, 5.74) is 0.113. The Morgan fingerprint density at radius 3 is 2.82 bits per heavy atom. The Balaban J connectivity index is 2.44. The van der Waals surface area contributed by atoms with Gasteiger partial charge in [0, 0.05) is 12.0 Å². The van der Waals surface area contributed by atoms with E-state index in [0.29, 0.717) is 25.4 Å². The van der Waals surface area contributed by atoms with Crippen molar-refractivity contribution in [1.82, 2.24) is 0 Å². The first-order valence-corrected chi connectivity index (χ1v) is 5.42. The van der Waals surface area contributed by atoms with Crippen LogP contribution in [0.2, 0.25) is 0 Å². The molecule has 5 heteroatoms. The molecule has 0 fully saturated rings. The highest BCUT2D eigenvalue weighted by atomic mass is 19.1. The molecule has 0 aromatic heterocycles. The lowest BCUT2D eigenvalue weighted by atomic mass is 10.00. The Bertz CT molecular complexity index is 444. The molecule has 1 aromatic rings. The largest absolute Gasteiger partial charge is 0.489 e. The van der Waals surface area contributed by atoms with E-state index in [9.17, 15) is 9.18 Å². The van der Waals surface area contributed by atoms with E-state index in [4.69, 9.17) is 14.6 Å². The minimum absolute atomic E-state index is 0.0214. The number of carbonyl (C=O) groups is 1. The monoisotopic (exact) mass is 240 g/mol. The van der Waals surface area contributed by atoms with Crippen LogP contribution in [-0.2, 0) is 4.79 Å². The number of halogens is 1. The zero-order valence-electron chi connectivity index (χ0n) is 9.40. The average molecular weight is 240 g/mol. The van der Waals surface area contributed by atoms with E-state index in [2.05, 4.69) is 0 Å². The van der Waals surface area contributed by atoms with Crippen molar-refractivity contribution in [3.63, 3.8) is 0 Å². The predicted octanol–water partition coefficient (Wildman–Crippen LogP) is 2.18. The summed E-state index contributed by atoms with van der Waals surface area (Å²) in [5, 5.41) is 8.88. The molecule has 0 radical (unpaired) electrons. The number of rotatable bonds is 2.